The fourth-order valence-corrected chi connectivity index (χ4v) is 6.86. The van der Waals surface area contributed by atoms with E-state index in [-0.39, 0.29) is 5.56 Å². The van der Waals surface area contributed by atoms with Crippen molar-refractivity contribution < 1.29 is 43.7 Å². The number of ketones is 4. The minimum Gasteiger partial charge on any atom is -0.507 e. The number of carbonyl (C=O) groups is 6. The van der Waals surface area contributed by atoms with Gasteiger partial charge < -0.3 is 20.7 Å². The van der Waals surface area contributed by atoms with Gasteiger partial charge in [0.2, 0.25) is 5.91 Å². The number of fused-ring (bicyclic) bond motifs is 3. The number of nitrogens with two attached hydrogens (primary N) is 1. The van der Waals surface area contributed by atoms with Crippen molar-refractivity contribution in [3.05, 3.63) is 59.7 Å². The molecule has 0 saturated heterocycles. The zero-order valence-corrected chi connectivity index (χ0v) is 22.4. The second kappa shape index (κ2) is 9.89. The molecule has 2 saturated carbocycles. The SMILES string of the molecule is C[C@H]1c2cccc(O)c2C(=O)C2C(=O)[C@]3(O)C(=O)C(C(N)=O)C(=O)[C@@H](N(C)C)[C@@H]3[C@@H](OC(=O)Nc3ccccc3)[C@@H]21. The Hall–Kier alpha value is -4.42. The van der Waals surface area contributed by atoms with Gasteiger partial charge in [0.1, 0.15) is 11.9 Å². The Bertz CT molecular complexity index is 1490. The van der Waals surface area contributed by atoms with Crippen molar-refractivity contribution >= 4 is 40.8 Å². The number of phenolic OH excluding ortho intramolecular Hbond substituents is 1. The molecule has 12 nitrogen and oxygen atoms in total. The molecule has 0 bridgehead atoms. The van der Waals surface area contributed by atoms with Gasteiger partial charge in [-0.25, -0.2) is 4.79 Å². The number of aromatic hydroxyl groups is 1. The summed E-state index contributed by atoms with van der Waals surface area (Å²) >= 11 is 0. The standard InChI is InChI=1S/C29H29N3O9/c1-12-14-10-7-11-15(33)17(14)22(34)18-16(12)24(41-28(39)31-13-8-5-4-6-9-13)20-21(32(2)3)23(35)19(27(30)38)26(37)29(20,40)25(18)36/h4-12,16,18-21,24,33,40H,1-3H3,(H2,30,38)(H,31,39)/t12-,16+,18?,19?,20+,21-,24-,29-/m0/s1. The van der Waals surface area contributed by atoms with Gasteiger partial charge in [-0.05, 0) is 43.8 Å². The fraction of sp³-hybridized carbons (Fsp3) is 0.379. The fourth-order valence-electron chi connectivity index (χ4n) is 6.86. The van der Waals surface area contributed by atoms with E-state index in [0.717, 1.165) is 0 Å². The number of anilines is 1. The maximum Gasteiger partial charge on any atom is 0.411 e. The lowest BCUT2D eigenvalue weighted by molar-refractivity contribution is -0.196. The minimum absolute atomic E-state index is 0.154. The Morgan fingerprint density at radius 3 is 2.27 bits per heavy atom. The van der Waals surface area contributed by atoms with Crippen LogP contribution in [0.5, 0.6) is 5.75 Å². The summed E-state index contributed by atoms with van der Waals surface area (Å²) < 4.78 is 5.86. The number of likely N-dealkylation sites (N-methyl/N-ethyl adjacent to an activating group) is 1. The summed E-state index contributed by atoms with van der Waals surface area (Å²) in [7, 11) is 2.88. The number of nitrogens with one attached hydrogen (secondary N) is 1. The molecule has 41 heavy (non-hydrogen) atoms. The maximum atomic E-state index is 14.2. The first-order valence-electron chi connectivity index (χ1n) is 13.0. The largest absolute Gasteiger partial charge is 0.507 e. The Morgan fingerprint density at radius 1 is 1.00 bits per heavy atom. The molecule has 5 rings (SSSR count). The normalized spacial score (nSPS) is 32.6. The maximum absolute atomic E-state index is 14.2. The van der Waals surface area contributed by atoms with Gasteiger partial charge in [-0.15, -0.1) is 0 Å². The van der Waals surface area contributed by atoms with Crippen LogP contribution < -0.4 is 11.1 Å². The molecular formula is C29H29N3O9. The third-order valence-electron chi connectivity index (χ3n) is 8.59. The van der Waals surface area contributed by atoms with Crippen molar-refractivity contribution in [2.24, 2.45) is 29.4 Å². The first-order valence-corrected chi connectivity index (χ1v) is 13.0. The van der Waals surface area contributed by atoms with E-state index in [1.807, 2.05) is 0 Å². The third-order valence-corrected chi connectivity index (χ3v) is 8.59. The van der Waals surface area contributed by atoms with Crippen LogP contribution in [0.25, 0.3) is 0 Å². The van der Waals surface area contributed by atoms with Gasteiger partial charge in [0.25, 0.3) is 0 Å². The van der Waals surface area contributed by atoms with E-state index in [1.165, 1.54) is 31.1 Å². The average Bonchev–Trinajstić information content (AvgIpc) is 2.90. The lowest BCUT2D eigenvalue weighted by Crippen LogP contribution is -2.78. The molecule has 12 heteroatoms. The number of amides is 2. The van der Waals surface area contributed by atoms with Crippen molar-refractivity contribution in [1.82, 2.24) is 4.90 Å². The highest BCUT2D eigenvalue weighted by molar-refractivity contribution is 6.32. The summed E-state index contributed by atoms with van der Waals surface area (Å²) in [6, 6.07) is 11.1. The third kappa shape index (κ3) is 4.05. The number of aliphatic hydroxyl groups is 1. The minimum atomic E-state index is -3.08. The van der Waals surface area contributed by atoms with E-state index >= 15 is 0 Å². The van der Waals surface area contributed by atoms with E-state index in [1.54, 1.807) is 43.3 Å². The zero-order chi connectivity index (χ0) is 30.0. The van der Waals surface area contributed by atoms with Crippen LogP contribution in [-0.2, 0) is 23.9 Å². The molecule has 2 unspecified atom stereocenters. The molecule has 3 aliphatic carbocycles. The summed E-state index contributed by atoms with van der Waals surface area (Å²) in [5.41, 5.74) is 2.87. The number of phenols is 1. The number of benzene rings is 2. The molecule has 5 N–H and O–H groups in total. The average molecular weight is 564 g/mol. The Kier molecular flexibility index (Phi) is 6.79. The Morgan fingerprint density at radius 2 is 1.66 bits per heavy atom. The molecule has 0 aromatic heterocycles. The molecule has 0 heterocycles. The number of para-hydroxylation sites is 1. The number of hydrogen-bond acceptors (Lipinski definition) is 10. The van der Waals surface area contributed by atoms with Gasteiger partial charge in [0.15, 0.2) is 34.7 Å². The number of Topliss-reactive ketones (excluding diaryl/α,β-unsaturated/α-hetero) is 4. The number of nitrogens with zero attached hydrogens (tertiary/aromatic N) is 1. The van der Waals surface area contributed by atoms with Gasteiger partial charge in [0.05, 0.1) is 23.4 Å². The van der Waals surface area contributed by atoms with Crippen molar-refractivity contribution in [2.45, 2.75) is 30.6 Å². The van der Waals surface area contributed by atoms with E-state index in [0.29, 0.717) is 11.3 Å². The number of carbonyl (C=O) groups excluding carboxylic acids is 6. The van der Waals surface area contributed by atoms with Gasteiger partial charge in [-0.1, -0.05) is 37.3 Å². The van der Waals surface area contributed by atoms with Crippen LogP contribution in [0.2, 0.25) is 0 Å². The van der Waals surface area contributed by atoms with Crippen LogP contribution in [0.4, 0.5) is 10.5 Å². The highest BCUT2D eigenvalue weighted by Gasteiger charge is 2.74. The lowest BCUT2D eigenvalue weighted by atomic mass is 9.49. The van der Waals surface area contributed by atoms with Crippen molar-refractivity contribution in [3.8, 4) is 5.75 Å². The first kappa shape index (κ1) is 28.1. The van der Waals surface area contributed by atoms with Crippen molar-refractivity contribution in [3.63, 3.8) is 0 Å². The van der Waals surface area contributed by atoms with Crippen LogP contribution in [-0.4, -0.2) is 82.1 Å². The van der Waals surface area contributed by atoms with E-state index in [9.17, 15) is 39.0 Å². The summed E-state index contributed by atoms with van der Waals surface area (Å²) in [6.07, 6.45) is -2.57. The second-order valence-electron chi connectivity index (χ2n) is 11.0. The number of primary amides is 1. The van der Waals surface area contributed by atoms with Crippen LogP contribution in [0, 0.1) is 23.7 Å². The molecule has 2 aromatic rings. The smallest absolute Gasteiger partial charge is 0.411 e. The van der Waals surface area contributed by atoms with Crippen LogP contribution in [0.15, 0.2) is 48.5 Å². The second-order valence-corrected chi connectivity index (χ2v) is 11.0. The van der Waals surface area contributed by atoms with Crippen LogP contribution in [0.3, 0.4) is 0 Å². The van der Waals surface area contributed by atoms with E-state index in [2.05, 4.69) is 5.32 Å². The lowest BCUT2D eigenvalue weighted by Gasteiger charge is -2.56. The molecule has 214 valence electrons. The van der Waals surface area contributed by atoms with Gasteiger partial charge in [-0.2, -0.15) is 0 Å². The predicted molar refractivity (Wildman–Crippen MR) is 142 cm³/mol. The highest BCUT2D eigenvalue weighted by atomic mass is 16.6. The monoisotopic (exact) mass is 563 g/mol. The van der Waals surface area contributed by atoms with Gasteiger partial charge in [-0.3, -0.25) is 34.2 Å². The van der Waals surface area contributed by atoms with Crippen LogP contribution >= 0.6 is 0 Å². The van der Waals surface area contributed by atoms with E-state index in [4.69, 9.17) is 10.5 Å². The topological polar surface area (TPSA) is 193 Å². The van der Waals surface area contributed by atoms with Crippen LogP contribution in [0.1, 0.15) is 28.8 Å². The summed E-state index contributed by atoms with van der Waals surface area (Å²) in [4.78, 5) is 82.1. The molecule has 0 radical (unpaired) electrons. The Balaban J connectivity index is 1.72. The van der Waals surface area contributed by atoms with Crippen molar-refractivity contribution in [2.75, 3.05) is 19.4 Å². The molecule has 2 aromatic carbocycles. The predicted octanol–water partition coefficient (Wildman–Crippen LogP) is 0.655. The Labute approximate surface area is 234 Å². The van der Waals surface area contributed by atoms with E-state index < -0.39 is 88.2 Å². The molecule has 0 aliphatic heterocycles. The van der Waals surface area contributed by atoms with Crippen molar-refractivity contribution in [1.29, 1.82) is 0 Å². The molecular weight excluding hydrogens is 534 g/mol. The quantitative estimate of drug-likeness (QED) is 0.384. The van der Waals surface area contributed by atoms with Gasteiger partial charge >= 0.3 is 6.09 Å². The number of ether oxygens (including phenoxy) is 1. The zero-order valence-electron chi connectivity index (χ0n) is 22.4. The van der Waals surface area contributed by atoms with Gasteiger partial charge in [0, 0.05) is 11.6 Å². The number of hydrogen-bond donors (Lipinski definition) is 4. The molecule has 0 spiro atoms. The first-order chi connectivity index (χ1) is 19.3. The summed E-state index contributed by atoms with van der Waals surface area (Å²) in [5, 5.41) is 25.1. The molecule has 3 aliphatic rings. The summed E-state index contributed by atoms with van der Waals surface area (Å²) in [6.45, 7) is 1.66. The highest BCUT2D eigenvalue weighted by Crippen LogP contribution is 2.55. The molecule has 2 amide bonds. The molecule has 8 atom stereocenters. The number of rotatable bonds is 4. The molecule has 2 fully saturated rings. The summed E-state index contributed by atoms with van der Waals surface area (Å²) in [5.74, 6) is -13.7.